The molecule has 0 saturated heterocycles. The van der Waals surface area contributed by atoms with E-state index in [-0.39, 0.29) is 5.56 Å². The van der Waals surface area contributed by atoms with Crippen LogP contribution in [-0.2, 0) is 16.0 Å². The SMILES string of the molecule is CC(C)(C)OC(=O)/C=C/c1cccc(Cc2ccccc2)c1C(=O)O. The summed E-state index contributed by atoms with van der Waals surface area (Å²) in [6.07, 6.45) is 3.27. The Labute approximate surface area is 147 Å². The molecular formula is C21H22O4. The first-order chi connectivity index (χ1) is 11.8. The van der Waals surface area contributed by atoms with Crippen molar-refractivity contribution >= 4 is 18.0 Å². The minimum absolute atomic E-state index is 0.200. The second-order valence-corrected chi connectivity index (χ2v) is 6.72. The van der Waals surface area contributed by atoms with Gasteiger partial charge in [0.2, 0.25) is 0 Å². The van der Waals surface area contributed by atoms with Gasteiger partial charge in [-0.15, -0.1) is 0 Å². The van der Waals surface area contributed by atoms with Crippen LogP contribution in [-0.4, -0.2) is 22.6 Å². The average Bonchev–Trinajstić information content (AvgIpc) is 2.52. The van der Waals surface area contributed by atoms with E-state index < -0.39 is 17.5 Å². The summed E-state index contributed by atoms with van der Waals surface area (Å²) in [5.41, 5.74) is 1.81. The molecule has 4 heteroatoms. The van der Waals surface area contributed by atoms with Gasteiger partial charge in [-0.3, -0.25) is 0 Å². The molecule has 2 aromatic rings. The topological polar surface area (TPSA) is 63.6 Å². The van der Waals surface area contributed by atoms with Crippen LogP contribution in [0.3, 0.4) is 0 Å². The molecule has 2 aromatic carbocycles. The van der Waals surface area contributed by atoms with E-state index in [0.29, 0.717) is 17.5 Å². The molecule has 1 N–H and O–H groups in total. The Kier molecular flexibility index (Phi) is 5.75. The van der Waals surface area contributed by atoms with E-state index in [9.17, 15) is 14.7 Å². The molecule has 0 saturated carbocycles. The van der Waals surface area contributed by atoms with Crippen molar-refractivity contribution in [2.45, 2.75) is 32.8 Å². The maximum absolute atomic E-state index is 11.8. The fourth-order valence-electron chi connectivity index (χ4n) is 2.48. The highest BCUT2D eigenvalue weighted by atomic mass is 16.6. The van der Waals surface area contributed by atoms with Crippen LogP contribution >= 0.6 is 0 Å². The van der Waals surface area contributed by atoms with Gasteiger partial charge in [-0.25, -0.2) is 9.59 Å². The largest absolute Gasteiger partial charge is 0.478 e. The van der Waals surface area contributed by atoms with Gasteiger partial charge in [-0.05, 0) is 50.0 Å². The predicted octanol–water partition coefficient (Wildman–Crippen LogP) is 4.33. The Balaban J connectivity index is 2.31. The van der Waals surface area contributed by atoms with Crippen LogP contribution in [0.15, 0.2) is 54.6 Å². The molecule has 0 aliphatic carbocycles. The molecule has 0 aliphatic heterocycles. The average molecular weight is 338 g/mol. The summed E-state index contributed by atoms with van der Waals surface area (Å²) in [7, 11) is 0. The molecule has 0 unspecified atom stereocenters. The molecule has 0 radical (unpaired) electrons. The molecule has 0 aromatic heterocycles. The number of esters is 1. The quantitative estimate of drug-likeness (QED) is 0.651. The Morgan fingerprint density at radius 2 is 1.72 bits per heavy atom. The summed E-state index contributed by atoms with van der Waals surface area (Å²) >= 11 is 0. The third kappa shape index (κ3) is 5.60. The number of hydrogen-bond donors (Lipinski definition) is 1. The number of carboxylic acid groups (broad SMARTS) is 1. The van der Waals surface area contributed by atoms with E-state index in [1.54, 1.807) is 39.0 Å². The zero-order chi connectivity index (χ0) is 18.4. The van der Waals surface area contributed by atoms with E-state index in [2.05, 4.69) is 0 Å². The van der Waals surface area contributed by atoms with Crippen molar-refractivity contribution < 1.29 is 19.4 Å². The van der Waals surface area contributed by atoms with Crippen molar-refractivity contribution in [3.8, 4) is 0 Å². The smallest absolute Gasteiger partial charge is 0.336 e. The minimum atomic E-state index is -1.02. The van der Waals surface area contributed by atoms with E-state index >= 15 is 0 Å². The van der Waals surface area contributed by atoms with Gasteiger partial charge in [0, 0.05) is 6.08 Å². The van der Waals surface area contributed by atoms with Gasteiger partial charge < -0.3 is 9.84 Å². The number of hydrogen-bond acceptors (Lipinski definition) is 3. The Hall–Kier alpha value is -2.88. The molecule has 130 valence electrons. The first-order valence-electron chi connectivity index (χ1n) is 8.06. The van der Waals surface area contributed by atoms with E-state index in [0.717, 1.165) is 5.56 Å². The molecule has 2 rings (SSSR count). The maximum Gasteiger partial charge on any atom is 0.336 e. The summed E-state index contributed by atoms with van der Waals surface area (Å²) < 4.78 is 5.21. The van der Waals surface area contributed by atoms with Gasteiger partial charge in [-0.2, -0.15) is 0 Å². The second-order valence-electron chi connectivity index (χ2n) is 6.72. The molecule has 0 atom stereocenters. The lowest BCUT2D eigenvalue weighted by atomic mass is 9.95. The maximum atomic E-state index is 11.8. The van der Waals surface area contributed by atoms with Gasteiger partial charge in [-0.1, -0.05) is 48.5 Å². The summed E-state index contributed by atoms with van der Waals surface area (Å²) in [5.74, 6) is -1.52. The molecule has 0 amide bonds. The summed E-state index contributed by atoms with van der Waals surface area (Å²) in [6, 6.07) is 14.9. The van der Waals surface area contributed by atoms with Crippen molar-refractivity contribution in [3.63, 3.8) is 0 Å². The normalized spacial score (nSPS) is 11.5. The third-order valence-electron chi connectivity index (χ3n) is 3.44. The number of carbonyl (C=O) groups is 2. The van der Waals surface area contributed by atoms with Gasteiger partial charge in [0.25, 0.3) is 0 Å². The summed E-state index contributed by atoms with van der Waals surface area (Å²) in [5, 5.41) is 9.63. The molecule has 0 spiro atoms. The van der Waals surface area contributed by atoms with Gasteiger partial charge in [0.1, 0.15) is 5.60 Å². The monoisotopic (exact) mass is 338 g/mol. The number of ether oxygens (including phenoxy) is 1. The number of rotatable bonds is 5. The van der Waals surface area contributed by atoms with Crippen LogP contribution in [0.4, 0.5) is 0 Å². The van der Waals surface area contributed by atoms with Crippen molar-refractivity contribution in [1.82, 2.24) is 0 Å². The van der Waals surface area contributed by atoms with Crippen molar-refractivity contribution in [2.75, 3.05) is 0 Å². The van der Waals surface area contributed by atoms with Crippen LogP contribution in [0.1, 0.15) is 47.8 Å². The van der Waals surface area contributed by atoms with E-state index in [1.807, 2.05) is 30.3 Å². The summed E-state index contributed by atoms with van der Waals surface area (Å²) in [4.78, 5) is 23.6. The predicted molar refractivity (Wildman–Crippen MR) is 97.5 cm³/mol. The standard InChI is InChI=1S/C21H22O4/c1-21(2,3)25-18(22)13-12-16-10-7-11-17(19(16)20(23)24)14-15-8-5-4-6-9-15/h4-13H,14H2,1-3H3,(H,23,24)/b13-12+. The van der Waals surface area contributed by atoms with E-state index in [4.69, 9.17) is 4.74 Å². The fourth-order valence-corrected chi connectivity index (χ4v) is 2.48. The lowest BCUT2D eigenvalue weighted by Gasteiger charge is -2.18. The molecule has 0 aliphatic rings. The Morgan fingerprint density at radius 1 is 1.04 bits per heavy atom. The fraction of sp³-hybridized carbons (Fsp3) is 0.238. The minimum Gasteiger partial charge on any atom is -0.478 e. The van der Waals surface area contributed by atoms with Gasteiger partial charge >= 0.3 is 11.9 Å². The van der Waals surface area contributed by atoms with Crippen LogP contribution in [0.5, 0.6) is 0 Å². The first kappa shape index (κ1) is 18.5. The lowest BCUT2D eigenvalue weighted by Crippen LogP contribution is -2.22. The highest BCUT2D eigenvalue weighted by Gasteiger charge is 2.16. The van der Waals surface area contributed by atoms with Crippen LogP contribution in [0.2, 0.25) is 0 Å². The van der Waals surface area contributed by atoms with Gasteiger partial charge in [0.15, 0.2) is 0 Å². The molecule has 25 heavy (non-hydrogen) atoms. The molecule has 4 nitrogen and oxygen atoms in total. The number of aromatic carboxylic acids is 1. The van der Waals surface area contributed by atoms with Crippen LogP contribution in [0.25, 0.3) is 6.08 Å². The van der Waals surface area contributed by atoms with Crippen molar-refractivity contribution in [2.24, 2.45) is 0 Å². The summed E-state index contributed by atoms with van der Waals surface area (Å²) in [6.45, 7) is 5.34. The first-order valence-corrected chi connectivity index (χ1v) is 8.06. The Morgan fingerprint density at radius 3 is 2.32 bits per heavy atom. The molecule has 0 fully saturated rings. The molecule has 0 heterocycles. The highest BCUT2D eigenvalue weighted by Crippen LogP contribution is 2.20. The van der Waals surface area contributed by atoms with Crippen LogP contribution in [0, 0.1) is 0 Å². The highest BCUT2D eigenvalue weighted by molar-refractivity contribution is 5.96. The van der Waals surface area contributed by atoms with Gasteiger partial charge in [0.05, 0.1) is 5.56 Å². The molecular weight excluding hydrogens is 316 g/mol. The van der Waals surface area contributed by atoms with Crippen LogP contribution < -0.4 is 0 Å². The third-order valence-corrected chi connectivity index (χ3v) is 3.44. The zero-order valence-electron chi connectivity index (χ0n) is 14.7. The molecule has 0 bridgehead atoms. The number of carboxylic acids is 1. The van der Waals surface area contributed by atoms with Crippen molar-refractivity contribution in [3.05, 3.63) is 76.9 Å². The number of carbonyl (C=O) groups excluding carboxylic acids is 1. The zero-order valence-corrected chi connectivity index (χ0v) is 14.7. The van der Waals surface area contributed by atoms with E-state index in [1.165, 1.54) is 12.2 Å². The second kappa shape index (κ2) is 7.79. The lowest BCUT2D eigenvalue weighted by molar-refractivity contribution is -0.148. The Bertz CT molecular complexity index is 783. The number of benzene rings is 2. The van der Waals surface area contributed by atoms with Crippen molar-refractivity contribution in [1.29, 1.82) is 0 Å².